The number of carbonyl (C=O) groups is 2. The zero-order valence-electron chi connectivity index (χ0n) is 11.1. The SMILES string of the molecule is CC1=CC(=O)C(=C(C)c2c(O)cc(C)oc2=O)C(=O)O1. The van der Waals surface area contributed by atoms with E-state index in [4.69, 9.17) is 9.15 Å². The largest absolute Gasteiger partial charge is 0.507 e. The minimum absolute atomic E-state index is 0.0231. The maximum Gasteiger partial charge on any atom is 0.347 e. The lowest BCUT2D eigenvalue weighted by Crippen LogP contribution is -2.22. The van der Waals surface area contributed by atoms with Crippen molar-refractivity contribution >= 4 is 17.3 Å². The molecule has 0 amide bonds. The van der Waals surface area contributed by atoms with Crippen LogP contribution in [0.4, 0.5) is 0 Å². The van der Waals surface area contributed by atoms with Crippen molar-refractivity contribution in [3.05, 3.63) is 45.2 Å². The van der Waals surface area contributed by atoms with Gasteiger partial charge in [-0.1, -0.05) is 0 Å². The van der Waals surface area contributed by atoms with E-state index in [1.165, 1.54) is 26.8 Å². The summed E-state index contributed by atoms with van der Waals surface area (Å²) in [5, 5.41) is 9.82. The lowest BCUT2D eigenvalue weighted by Gasteiger charge is -2.14. The smallest absolute Gasteiger partial charge is 0.347 e. The summed E-state index contributed by atoms with van der Waals surface area (Å²) in [6.45, 7) is 4.35. The molecule has 0 saturated heterocycles. The van der Waals surface area contributed by atoms with Crippen molar-refractivity contribution < 1.29 is 23.8 Å². The number of ether oxygens (including phenoxy) is 1. The molecule has 0 bridgehead atoms. The van der Waals surface area contributed by atoms with Crippen LogP contribution < -0.4 is 5.63 Å². The van der Waals surface area contributed by atoms with E-state index in [1.54, 1.807) is 0 Å². The summed E-state index contributed by atoms with van der Waals surface area (Å²) in [5.74, 6) is -1.38. The van der Waals surface area contributed by atoms with Crippen LogP contribution in [-0.4, -0.2) is 16.9 Å². The summed E-state index contributed by atoms with van der Waals surface area (Å²) >= 11 is 0. The molecule has 1 aromatic heterocycles. The molecule has 0 fully saturated rings. The Labute approximate surface area is 114 Å². The molecule has 1 aliphatic rings. The van der Waals surface area contributed by atoms with Crippen LogP contribution in [0.15, 0.2) is 32.7 Å². The Morgan fingerprint density at radius 2 is 1.85 bits per heavy atom. The van der Waals surface area contributed by atoms with Gasteiger partial charge in [0.25, 0.3) is 0 Å². The Morgan fingerprint density at radius 1 is 1.20 bits per heavy atom. The molecule has 104 valence electrons. The van der Waals surface area contributed by atoms with Crippen LogP contribution in [0.25, 0.3) is 5.57 Å². The summed E-state index contributed by atoms with van der Waals surface area (Å²) in [5.41, 5.74) is -1.31. The van der Waals surface area contributed by atoms with Gasteiger partial charge in [-0.15, -0.1) is 0 Å². The standard InChI is InChI=1S/C14H12O6/c1-6-4-9(15)11(13(17)19-6)8(3)12-10(16)5-7(2)20-14(12)18/h4-5,15H,1-3H3. The number of hydrogen-bond acceptors (Lipinski definition) is 6. The van der Waals surface area contributed by atoms with Gasteiger partial charge in [0.05, 0.1) is 0 Å². The molecule has 0 saturated carbocycles. The van der Waals surface area contributed by atoms with Crippen LogP contribution >= 0.6 is 0 Å². The fourth-order valence-electron chi connectivity index (χ4n) is 1.99. The van der Waals surface area contributed by atoms with E-state index < -0.39 is 17.4 Å². The predicted molar refractivity (Wildman–Crippen MR) is 68.8 cm³/mol. The van der Waals surface area contributed by atoms with Gasteiger partial charge in [0.2, 0.25) is 0 Å². The summed E-state index contributed by atoms with van der Waals surface area (Å²) in [7, 11) is 0. The van der Waals surface area contributed by atoms with Gasteiger partial charge in [-0.2, -0.15) is 0 Å². The third kappa shape index (κ3) is 2.27. The summed E-state index contributed by atoms with van der Waals surface area (Å²) in [4.78, 5) is 35.4. The Balaban J connectivity index is 2.70. The molecule has 2 rings (SSSR count). The topological polar surface area (TPSA) is 93.8 Å². The first-order valence-corrected chi connectivity index (χ1v) is 5.81. The van der Waals surface area contributed by atoms with Crippen molar-refractivity contribution in [3.63, 3.8) is 0 Å². The van der Waals surface area contributed by atoms with Gasteiger partial charge in [-0.25, -0.2) is 9.59 Å². The number of cyclic esters (lactones) is 1. The number of carbonyl (C=O) groups excluding carboxylic acids is 2. The van der Waals surface area contributed by atoms with Gasteiger partial charge >= 0.3 is 11.6 Å². The molecule has 6 heteroatoms. The van der Waals surface area contributed by atoms with E-state index in [2.05, 4.69) is 0 Å². The Hall–Kier alpha value is -2.63. The molecule has 0 aliphatic carbocycles. The van der Waals surface area contributed by atoms with Gasteiger partial charge in [0.1, 0.15) is 28.4 Å². The van der Waals surface area contributed by atoms with Crippen molar-refractivity contribution in [2.45, 2.75) is 20.8 Å². The average Bonchev–Trinajstić information content (AvgIpc) is 2.25. The monoisotopic (exact) mass is 276 g/mol. The summed E-state index contributed by atoms with van der Waals surface area (Å²) in [6, 6.07) is 1.24. The van der Waals surface area contributed by atoms with Crippen molar-refractivity contribution in [1.82, 2.24) is 0 Å². The molecule has 0 atom stereocenters. The molecule has 0 radical (unpaired) electrons. The van der Waals surface area contributed by atoms with E-state index in [9.17, 15) is 19.5 Å². The fraction of sp³-hybridized carbons (Fsp3) is 0.214. The van der Waals surface area contributed by atoms with E-state index in [0.29, 0.717) is 0 Å². The van der Waals surface area contributed by atoms with Crippen LogP contribution in [0, 0.1) is 6.92 Å². The zero-order chi connectivity index (χ0) is 15.0. The minimum Gasteiger partial charge on any atom is -0.507 e. The molecule has 2 heterocycles. The predicted octanol–water partition coefficient (Wildman–Crippen LogP) is 1.46. The number of allylic oxidation sites excluding steroid dienone is 3. The molecule has 6 nitrogen and oxygen atoms in total. The number of rotatable bonds is 1. The van der Waals surface area contributed by atoms with Gasteiger partial charge in [0.15, 0.2) is 5.78 Å². The normalized spacial score (nSPS) is 17.6. The van der Waals surface area contributed by atoms with Crippen LogP contribution in [-0.2, 0) is 14.3 Å². The molecule has 1 aromatic rings. The Bertz CT molecular complexity index is 733. The quantitative estimate of drug-likeness (QED) is 0.474. The lowest BCUT2D eigenvalue weighted by atomic mass is 9.97. The summed E-state index contributed by atoms with van der Waals surface area (Å²) in [6.07, 6.45) is 1.15. The first-order valence-electron chi connectivity index (χ1n) is 5.81. The van der Waals surface area contributed by atoms with E-state index in [1.807, 2.05) is 0 Å². The first-order chi connectivity index (χ1) is 9.31. The molecule has 1 aliphatic heterocycles. The zero-order valence-corrected chi connectivity index (χ0v) is 11.1. The van der Waals surface area contributed by atoms with Crippen LogP contribution in [0.1, 0.15) is 25.2 Å². The summed E-state index contributed by atoms with van der Waals surface area (Å²) < 4.78 is 9.71. The van der Waals surface area contributed by atoms with E-state index in [0.717, 1.165) is 6.08 Å². The van der Waals surface area contributed by atoms with Crippen LogP contribution in [0.3, 0.4) is 0 Å². The molecular formula is C14H12O6. The Morgan fingerprint density at radius 3 is 2.40 bits per heavy atom. The molecule has 20 heavy (non-hydrogen) atoms. The second-order valence-corrected chi connectivity index (χ2v) is 4.41. The minimum atomic E-state index is -0.855. The highest BCUT2D eigenvalue weighted by atomic mass is 16.5. The van der Waals surface area contributed by atoms with Crippen molar-refractivity contribution in [3.8, 4) is 5.75 Å². The Kier molecular flexibility index (Phi) is 3.31. The number of ketones is 1. The number of hydrogen-bond donors (Lipinski definition) is 1. The highest BCUT2D eigenvalue weighted by Crippen LogP contribution is 2.28. The van der Waals surface area contributed by atoms with Gasteiger partial charge in [-0.3, -0.25) is 4.79 Å². The molecular weight excluding hydrogens is 264 g/mol. The van der Waals surface area contributed by atoms with Crippen molar-refractivity contribution in [2.75, 3.05) is 0 Å². The molecule has 0 spiro atoms. The van der Waals surface area contributed by atoms with E-state index >= 15 is 0 Å². The maximum absolute atomic E-state index is 11.9. The fourth-order valence-corrected chi connectivity index (χ4v) is 1.99. The first kappa shape index (κ1) is 13.8. The highest BCUT2D eigenvalue weighted by Gasteiger charge is 2.29. The molecule has 1 N–H and O–H groups in total. The average molecular weight is 276 g/mol. The lowest BCUT2D eigenvalue weighted by molar-refractivity contribution is -0.137. The molecule has 0 unspecified atom stereocenters. The number of aromatic hydroxyl groups is 1. The third-order valence-electron chi connectivity index (χ3n) is 2.84. The second-order valence-electron chi connectivity index (χ2n) is 4.41. The van der Waals surface area contributed by atoms with Crippen LogP contribution in [0.5, 0.6) is 5.75 Å². The van der Waals surface area contributed by atoms with Crippen molar-refractivity contribution in [1.29, 1.82) is 0 Å². The van der Waals surface area contributed by atoms with E-state index in [-0.39, 0.29) is 34.0 Å². The molecule has 0 aromatic carbocycles. The van der Waals surface area contributed by atoms with Gasteiger partial charge < -0.3 is 14.3 Å². The highest BCUT2D eigenvalue weighted by molar-refractivity contribution is 6.28. The maximum atomic E-state index is 11.9. The number of aryl methyl sites for hydroxylation is 1. The van der Waals surface area contributed by atoms with Crippen LogP contribution in [0.2, 0.25) is 0 Å². The number of esters is 1. The van der Waals surface area contributed by atoms with Gasteiger partial charge in [-0.05, 0) is 26.3 Å². The third-order valence-corrected chi connectivity index (χ3v) is 2.84. The van der Waals surface area contributed by atoms with Crippen molar-refractivity contribution in [2.24, 2.45) is 0 Å². The van der Waals surface area contributed by atoms with Gasteiger partial charge in [0, 0.05) is 12.1 Å². The second kappa shape index (κ2) is 4.80.